The molecular weight excluding hydrogens is 344 g/mol. The largest absolute Gasteiger partial charge is 0.351 e. The number of carbonyl (C=O) groups is 2. The van der Waals surface area contributed by atoms with E-state index in [0.29, 0.717) is 13.0 Å². The molecule has 2 aromatic rings. The summed E-state index contributed by atoms with van der Waals surface area (Å²) in [5, 5.41) is 2.77. The molecule has 2 aromatic carbocycles. The molecule has 0 aromatic heterocycles. The minimum absolute atomic E-state index is 0.0239. The van der Waals surface area contributed by atoms with Crippen LogP contribution in [0.5, 0.6) is 0 Å². The molecule has 1 saturated heterocycles. The van der Waals surface area contributed by atoms with Gasteiger partial charge >= 0.3 is 0 Å². The van der Waals surface area contributed by atoms with Crippen LogP contribution < -0.4 is 5.32 Å². The van der Waals surface area contributed by atoms with Gasteiger partial charge < -0.3 is 10.2 Å². The van der Waals surface area contributed by atoms with Crippen molar-refractivity contribution < 1.29 is 9.59 Å². The number of carbonyl (C=O) groups excluding carboxylic acids is 2. The highest BCUT2D eigenvalue weighted by molar-refractivity contribution is 8.00. The van der Waals surface area contributed by atoms with Gasteiger partial charge in [-0.3, -0.25) is 9.59 Å². The molecule has 0 bridgehead atoms. The maximum Gasteiger partial charge on any atom is 0.238 e. The van der Waals surface area contributed by atoms with Gasteiger partial charge in [-0.05, 0) is 31.0 Å². The van der Waals surface area contributed by atoms with Crippen LogP contribution in [-0.2, 0) is 9.59 Å². The molecule has 1 N–H and O–H groups in total. The molecule has 2 amide bonds. The molecule has 1 aliphatic rings. The summed E-state index contributed by atoms with van der Waals surface area (Å²) < 4.78 is 0. The third-order valence-electron chi connectivity index (χ3n) is 4.39. The quantitative estimate of drug-likeness (QED) is 0.759. The van der Waals surface area contributed by atoms with Crippen LogP contribution >= 0.6 is 11.8 Å². The van der Waals surface area contributed by atoms with Crippen molar-refractivity contribution in [1.82, 2.24) is 10.2 Å². The first kappa shape index (κ1) is 18.5. The maximum atomic E-state index is 13.0. The van der Waals surface area contributed by atoms with E-state index in [1.165, 1.54) is 0 Å². The van der Waals surface area contributed by atoms with Gasteiger partial charge in [-0.25, -0.2) is 0 Å². The second-order valence-electron chi connectivity index (χ2n) is 6.57. The maximum absolute atomic E-state index is 13.0. The summed E-state index contributed by atoms with van der Waals surface area (Å²) in [4.78, 5) is 27.7. The predicted molar refractivity (Wildman–Crippen MR) is 105 cm³/mol. The number of nitrogens with zero attached hydrogens (tertiary/aromatic N) is 1. The SMILES string of the molecule is CC(CN1CCCC1=O)NC(=O)C(Sc1ccccc1)c1ccccc1. The van der Waals surface area contributed by atoms with E-state index >= 15 is 0 Å². The van der Waals surface area contributed by atoms with Crippen LogP contribution in [0.1, 0.15) is 30.6 Å². The van der Waals surface area contributed by atoms with Crippen LogP contribution in [0, 0.1) is 0 Å². The molecule has 1 aliphatic heterocycles. The van der Waals surface area contributed by atoms with E-state index in [1.54, 1.807) is 11.8 Å². The van der Waals surface area contributed by atoms with Crippen LogP contribution in [0.4, 0.5) is 0 Å². The lowest BCUT2D eigenvalue weighted by Crippen LogP contribution is -2.43. The average Bonchev–Trinajstić information content (AvgIpc) is 3.05. The number of rotatable bonds is 7. The Morgan fingerprint density at radius 2 is 1.77 bits per heavy atom. The molecule has 1 heterocycles. The summed E-state index contributed by atoms with van der Waals surface area (Å²) in [6.07, 6.45) is 1.53. The van der Waals surface area contributed by atoms with Crippen molar-refractivity contribution in [3.05, 3.63) is 66.2 Å². The molecular formula is C21H24N2O2S. The molecule has 5 heteroatoms. The van der Waals surface area contributed by atoms with Crippen molar-refractivity contribution in [1.29, 1.82) is 0 Å². The van der Waals surface area contributed by atoms with Crippen LogP contribution in [0.15, 0.2) is 65.6 Å². The van der Waals surface area contributed by atoms with Gasteiger partial charge in [0.05, 0.1) is 0 Å². The van der Waals surface area contributed by atoms with E-state index in [9.17, 15) is 9.59 Å². The van der Waals surface area contributed by atoms with Gasteiger partial charge in [-0.2, -0.15) is 0 Å². The first-order chi connectivity index (χ1) is 12.6. The third-order valence-corrected chi connectivity index (χ3v) is 5.66. The molecule has 2 unspecified atom stereocenters. The number of hydrogen-bond donors (Lipinski definition) is 1. The van der Waals surface area contributed by atoms with Crippen molar-refractivity contribution >= 4 is 23.6 Å². The van der Waals surface area contributed by atoms with E-state index in [-0.39, 0.29) is 23.1 Å². The minimum Gasteiger partial charge on any atom is -0.351 e. The summed E-state index contributed by atoms with van der Waals surface area (Å²) >= 11 is 1.54. The fourth-order valence-electron chi connectivity index (χ4n) is 3.13. The zero-order valence-electron chi connectivity index (χ0n) is 14.9. The Bertz CT molecular complexity index is 736. The van der Waals surface area contributed by atoms with Crippen molar-refractivity contribution in [2.75, 3.05) is 13.1 Å². The van der Waals surface area contributed by atoms with Crippen molar-refractivity contribution in [3.8, 4) is 0 Å². The number of benzene rings is 2. The number of amides is 2. The lowest BCUT2D eigenvalue weighted by Gasteiger charge is -2.24. The normalized spacial score (nSPS) is 16.3. The summed E-state index contributed by atoms with van der Waals surface area (Å²) in [7, 11) is 0. The molecule has 3 rings (SSSR count). The lowest BCUT2D eigenvalue weighted by atomic mass is 10.1. The van der Waals surface area contributed by atoms with Gasteiger partial charge in [0.15, 0.2) is 0 Å². The molecule has 26 heavy (non-hydrogen) atoms. The highest BCUT2D eigenvalue weighted by Crippen LogP contribution is 2.35. The topological polar surface area (TPSA) is 49.4 Å². The standard InChI is InChI=1S/C21H24N2O2S/c1-16(15-23-14-8-13-19(23)24)22-21(25)20(17-9-4-2-5-10-17)26-18-11-6-3-7-12-18/h2-7,9-12,16,20H,8,13-15H2,1H3,(H,22,25). The molecule has 0 radical (unpaired) electrons. The van der Waals surface area contributed by atoms with E-state index in [4.69, 9.17) is 0 Å². The predicted octanol–water partition coefficient (Wildman–Crippen LogP) is 3.65. The number of hydrogen-bond acceptors (Lipinski definition) is 3. The first-order valence-electron chi connectivity index (χ1n) is 8.98. The fraction of sp³-hybridized carbons (Fsp3) is 0.333. The van der Waals surface area contributed by atoms with Crippen LogP contribution in [0.25, 0.3) is 0 Å². The molecule has 0 spiro atoms. The summed E-state index contributed by atoms with van der Waals surface area (Å²) in [5.74, 6) is 0.161. The average molecular weight is 369 g/mol. The van der Waals surface area contributed by atoms with Gasteiger partial charge in [0.2, 0.25) is 11.8 Å². The van der Waals surface area contributed by atoms with Crippen molar-refractivity contribution in [2.24, 2.45) is 0 Å². The molecule has 0 saturated carbocycles. The monoisotopic (exact) mass is 368 g/mol. The molecule has 136 valence electrons. The highest BCUT2D eigenvalue weighted by atomic mass is 32.2. The molecule has 1 fully saturated rings. The van der Waals surface area contributed by atoms with Gasteiger partial charge in [0.25, 0.3) is 0 Å². The third kappa shape index (κ3) is 4.88. The summed E-state index contributed by atoms with van der Waals surface area (Å²) in [6.45, 7) is 3.32. The van der Waals surface area contributed by atoms with Crippen LogP contribution in [-0.4, -0.2) is 35.8 Å². The highest BCUT2D eigenvalue weighted by Gasteiger charge is 2.26. The number of nitrogens with one attached hydrogen (secondary N) is 1. The second kappa shape index (κ2) is 8.90. The lowest BCUT2D eigenvalue weighted by molar-refractivity contribution is -0.129. The minimum atomic E-state index is -0.324. The first-order valence-corrected chi connectivity index (χ1v) is 9.86. The van der Waals surface area contributed by atoms with Crippen molar-refractivity contribution in [3.63, 3.8) is 0 Å². The van der Waals surface area contributed by atoms with Crippen LogP contribution in [0.2, 0.25) is 0 Å². The van der Waals surface area contributed by atoms with Crippen LogP contribution in [0.3, 0.4) is 0 Å². The molecule has 2 atom stereocenters. The van der Waals surface area contributed by atoms with E-state index in [2.05, 4.69) is 5.32 Å². The Balaban J connectivity index is 1.69. The fourth-order valence-corrected chi connectivity index (χ4v) is 4.18. The zero-order chi connectivity index (χ0) is 18.4. The zero-order valence-corrected chi connectivity index (χ0v) is 15.7. The summed E-state index contributed by atoms with van der Waals surface area (Å²) in [5.41, 5.74) is 0.975. The Hall–Kier alpha value is -2.27. The Labute approximate surface area is 159 Å². The smallest absolute Gasteiger partial charge is 0.238 e. The van der Waals surface area contributed by atoms with Crippen molar-refractivity contribution in [2.45, 2.75) is 36.0 Å². The van der Waals surface area contributed by atoms with Gasteiger partial charge in [0.1, 0.15) is 5.25 Å². The number of thioether (sulfide) groups is 1. The summed E-state index contributed by atoms with van der Waals surface area (Å²) in [6, 6.07) is 19.7. The van der Waals surface area contributed by atoms with Gasteiger partial charge in [-0.15, -0.1) is 11.8 Å². The van der Waals surface area contributed by atoms with Gasteiger partial charge in [-0.1, -0.05) is 48.5 Å². The Morgan fingerprint density at radius 3 is 2.38 bits per heavy atom. The Morgan fingerprint density at radius 1 is 1.12 bits per heavy atom. The van der Waals surface area contributed by atoms with E-state index in [1.807, 2.05) is 72.5 Å². The van der Waals surface area contributed by atoms with E-state index in [0.717, 1.165) is 23.4 Å². The molecule has 0 aliphatic carbocycles. The Kier molecular flexibility index (Phi) is 6.34. The molecule has 4 nitrogen and oxygen atoms in total. The van der Waals surface area contributed by atoms with E-state index < -0.39 is 0 Å². The number of likely N-dealkylation sites (tertiary alicyclic amines) is 1. The second-order valence-corrected chi connectivity index (χ2v) is 7.75. The van der Waals surface area contributed by atoms with Gasteiger partial charge in [0, 0.05) is 30.4 Å².